The van der Waals surface area contributed by atoms with Crippen molar-refractivity contribution in [3.8, 4) is 0 Å². The molecule has 0 amide bonds. The number of nitrogens with zero attached hydrogens (tertiary/aromatic N) is 1. The second-order valence-electron chi connectivity index (χ2n) is 3.19. The lowest BCUT2D eigenvalue weighted by Crippen LogP contribution is -2.37. The highest BCUT2D eigenvalue weighted by Crippen LogP contribution is 2.32. The summed E-state index contributed by atoms with van der Waals surface area (Å²) in [6, 6.07) is 3.48. The number of pyridine rings is 1. The van der Waals surface area contributed by atoms with Crippen LogP contribution >= 0.6 is 11.6 Å². The molecule has 0 radical (unpaired) electrons. The maximum Gasteiger partial charge on any atom is 0.331 e. The number of halogens is 1. The fraction of sp³-hybridized carbons (Fsp3) is 0.583. The molecule has 0 atom stereocenters. The van der Waals surface area contributed by atoms with E-state index in [9.17, 15) is 0 Å². The maximum absolute atomic E-state index is 6.11. The minimum atomic E-state index is -1.31. The van der Waals surface area contributed by atoms with Crippen molar-refractivity contribution in [2.75, 3.05) is 19.8 Å². The van der Waals surface area contributed by atoms with Crippen molar-refractivity contribution < 1.29 is 14.2 Å². The van der Waals surface area contributed by atoms with E-state index in [0.29, 0.717) is 30.5 Å². The Balaban J connectivity index is 3.14. The average Bonchev–Trinajstić information content (AvgIpc) is 2.30. The van der Waals surface area contributed by atoms with E-state index in [1.807, 2.05) is 20.8 Å². The molecule has 0 spiro atoms. The second-order valence-corrected chi connectivity index (χ2v) is 3.60. The molecule has 0 N–H and O–H groups in total. The van der Waals surface area contributed by atoms with Crippen LogP contribution in [0.3, 0.4) is 0 Å². The second kappa shape index (κ2) is 6.91. The van der Waals surface area contributed by atoms with Crippen LogP contribution in [-0.4, -0.2) is 24.8 Å². The summed E-state index contributed by atoms with van der Waals surface area (Å²) in [6.45, 7) is 6.91. The minimum Gasteiger partial charge on any atom is -0.323 e. The van der Waals surface area contributed by atoms with Crippen LogP contribution in [0.15, 0.2) is 18.3 Å². The zero-order chi connectivity index (χ0) is 12.7. The van der Waals surface area contributed by atoms with E-state index >= 15 is 0 Å². The lowest BCUT2D eigenvalue weighted by atomic mass is 10.3. The van der Waals surface area contributed by atoms with Gasteiger partial charge in [0, 0.05) is 6.20 Å². The summed E-state index contributed by atoms with van der Waals surface area (Å²) in [5.74, 6) is -1.31. The van der Waals surface area contributed by atoms with E-state index in [2.05, 4.69) is 4.98 Å². The molecule has 1 rings (SSSR count). The Morgan fingerprint density at radius 2 is 1.65 bits per heavy atom. The summed E-state index contributed by atoms with van der Waals surface area (Å²) >= 11 is 6.11. The highest BCUT2D eigenvalue weighted by Gasteiger charge is 2.38. The maximum atomic E-state index is 6.11. The fourth-order valence-electron chi connectivity index (χ4n) is 1.51. The van der Waals surface area contributed by atoms with E-state index in [1.54, 1.807) is 18.3 Å². The van der Waals surface area contributed by atoms with Crippen LogP contribution in [0.5, 0.6) is 0 Å². The van der Waals surface area contributed by atoms with Crippen molar-refractivity contribution in [3.63, 3.8) is 0 Å². The molecule has 5 heteroatoms. The lowest BCUT2D eigenvalue weighted by molar-refractivity contribution is -0.391. The van der Waals surface area contributed by atoms with E-state index in [4.69, 9.17) is 25.8 Å². The summed E-state index contributed by atoms with van der Waals surface area (Å²) < 4.78 is 16.8. The van der Waals surface area contributed by atoms with Gasteiger partial charge in [-0.1, -0.05) is 11.6 Å². The normalized spacial score (nSPS) is 11.8. The zero-order valence-electron chi connectivity index (χ0n) is 10.4. The van der Waals surface area contributed by atoms with Crippen LogP contribution in [0.2, 0.25) is 5.02 Å². The topological polar surface area (TPSA) is 40.6 Å². The first-order valence-corrected chi connectivity index (χ1v) is 6.10. The molecular formula is C12H18ClNO3. The number of ether oxygens (including phenoxy) is 3. The molecule has 0 aromatic carbocycles. The van der Waals surface area contributed by atoms with Crippen LogP contribution in [0.25, 0.3) is 0 Å². The van der Waals surface area contributed by atoms with Gasteiger partial charge in [-0.15, -0.1) is 0 Å². The molecule has 0 aliphatic heterocycles. The predicted molar refractivity (Wildman–Crippen MR) is 65.8 cm³/mol. The Bertz CT molecular complexity index is 329. The van der Waals surface area contributed by atoms with Gasteiger partial charge in [0.2, 0.25) is 0 Å². The molecule has 17 heavy (non-hydrogen) atoms. The first-order chi connectivity index (χ1) is 8.20. The number of hydrogen-bond donors (Lipinski definition) is 0. The molecule has 0 aliphatic carbocycles. The molecule has 1 aromatic rings. The minimum absolute atomic E-state index is 0.437. The molecule has 0 bridgehead atoms. The smallest absolute Gasteiger partial charge is 0.323 e. The zero-order valence-corrected chi connectivity index (χ0v) is 11.2. The largest absolute Gasteiger partial charge is 0.331 e. The van der Waals surface area contributed by atoms with Crippen molar-refractivity contribution in [1.29, 1.82) is 0 Å². The van der Waals surface area contributed by atoms with Crippen molar-refractivity contribution in [3.05, 3.63) is 29.0 Å². The van der Waals surface area contributed by atoms with E-state index in [1.165, 1.54) is 0 Å². The highest BCUT2D eigenvalue weighted by atomic mass is 35.5. The Morgan fingerprint density at radius 1 is 1.12 bits per heavy atom. The lowest BCUT2D eigenvalue weighted by Gasteiger charge is -2.31. The summed E-state index contributed by atoms with van der Waals surface area (Å²) in [5, 5.41) is 0.461. The van der Waals surface area contributed by atoms with Crippen LogP contribution < -0.4 is 0 Å². The van der Waals surface area contributed by atoms with E-state index in [-0.39, 0.29) is 0 Å². The van der Waals surface area contributed by atoms with Crippen molar-refractivity contribution >= 4 is 11.6 Å². The number of aromatic nitrogens is 1. The molecule has 0 aliphatic rings. The predicted octanol–water partition coefficient (Wildman–Crippen LogP) is 2.95. The quantitative estimate of drug-likeness (QED) is 0.706. The Kier molecular flexibility index (Phi) is 5.85. The third kappa shape index (κ3) is 3.39. The van der Waals surface area contributed by atoms with Gasteiger partial charge in [0.05, 0.1) is 24.8 Å². The monoisotopic (exact) mass is 259 g/mol. The van der Waals surface area contributed by atoms with Crippen molar-refractivity contribution in [2.24, 2.45) is 0 Å². The summed E-state index contributed by atoms with van der Waals surface area (Å²) in [4.78, 5) is 4.20. The molecule has 0 unspecified atom stereocenters. The molecule has 0 saturated carbocycles. The first-order valence-electron chi connectivity index (χ1n) is 5.73. The summed E-state index contributed by atoms with van der Waals surface area (Å²) in [7, 11) is 0. The van der Waals surface area contributed by atoms with Gasteiger partial charge in [0.1, 0.15) is 5.69 Å². The van der Waals surface area contributed by atoms with Crippen LogP contribution in [-0.2, 0) is 20.2 Å². The Hall–Kier alpha value is -0.680. The van der Waals surface area contributed by atoms with E-state index < -0.39 is 5.97 Å². The number of rotatable bonds is 7. The van der Waals surface area contributed by atoms with Gasteiger partial charge >= 0.3 is 5.97 Å². The molecule has 96 valence electrons. The Morgan fingerprint density at radius 3 is 2.06 bits per heavy atom. The third-order valence-electron chi connectivity index (χ3n) is 2.05. The Labute approximate surface area is 107 Å². The average molecular weight is 260 g/mol. The van der Waals surface area contributed by atoms with Gasteiger partial charge in [0.15, 0.2) is 0 Å². The van der Waals surface area contributed by atoms with Gasteiger partial charge < -0.3 is 14.2 Å². The molecule has 1 heterocycles. The van der Waals surface area contributed by atoms with Gasteiger partial charge in [-0.05, 0) is 32.9 Å². The van der Waals surface area contributed by atoms with Crippen LogP contribution in [0.4, 0.5) is 0 Å². The van der Waals surface area contributed by atoms with Crippen molar-refractivity contribution in [2.45, 2.75) is 26.7 Å². The summed E-state index contributed by atoms with van der Waals surface area (Å²) in [5.41, 5.74) is 0.451. The number of hydrogen-bond acceptors (Lipinski definition) is 4. The van der Waals surface area contributed by atoms with Gasteiger partial charge in [-0.3, -0.25) is 4.98 Å². The van der Waals surface area contributed by atoms with E-state index in [0.717, 1.165) is 0 Å². The molecule has 1 aromatic heterocycles. The van der Waals surface area contributed by atoms with Gasteiger partial charge in [-0.2, -0.15) is 0 Å². The molecular weight excluding hydrogens is 242 g/mol. The summed E-state index contributed by atoms with van der Waals surface area (Å²) in [6.07, 6.45) is 1.63. The third-order valence-corrected chi connectivity index (χ3v) is 2.36. The first kappa shape index (κ1) is 14.4. The van der Waals surface area contributed by atoms with Gasteiger partial charge in [0.25, 0.3) is 0 Å². The van der Waals surface area contributed by atoms with Gasteiger partial charge in [-0.25, -0.2) is 0 Å². The van der Waals surface area contributed by atoms with Crippen LogP contribution in [0, 0.1) is 0 Å². The molecule has 0 saturated heterocycles. The fourth-order valence-corrected chi connectivity index (χ4v) is 1.75. The van der Waals surface area contributed by atoms with Crippen molar-refractivity contribution in [1.82, 2.24) is 4.98 Å². The molecule has 4 nitrogen and oxygen atoms in total. The highest BCUT2D eigenvalue weighted by molar-refractivity contribution is 6.31. The molecule has 0 fully saturated rings. The standard InChI is InChI=1S/C12H18ClNO3/c1-4-15-12(16-5-2,17-6-3)11-10(13)8-7-9-14-11/h7-9H,4-6H2,1-3H3. The van der Waals surface area contributed by atoms with Crippen LogP contribution in [0.1, 0.15) is 26.5 Å². The SMILES string of the molecule is CCOC(OCC)(OCC)c1ncccc1Cl.